The highest BCUT2D eigenvalue weighted by Crippen LogP contribution is 2.49. The Balaban J connectivity index is 1.55. The van der Waals surface area contributed by atoms with Crippen LogP contribution in [-0.4, -0.2) is 36.9 Å². The molecule has 4 rings (SSSR count). The number of nitrogens with zero attached hydrogens (tertiary/aromatic N) is 4. The van der Waals surface area contributed by atoms with Gasteiger partial charge in [-0.25, -0.2) is 23.7 Å². The molecule has 33 heavy (non-hydrogen) atoms. The van der Waals surface area contributed by atoms with Gasteiger partial charge >= 0.3 is 0 Å². The molecule has 2 atom stereocenters. The third-order valence-corrected chi connectivity index (χ3v) is 5.43. The van der Waals surface area contributed by atoms with Gasteiger partial charge < -0.3 is 15.7 Å². The minimum Gasteiger partial charge on any atom is -0.387 e. The number of amides is 1. The Kier molecular flexibility index (Phi) is 6.28. The third kappa shape index (κ3) is 5.11. The molecule has 3 N–H and O–H groups in total. The van der Waals surface area contributed by atoms with Gasteiger partial charge in [0.2, 0.25) is 5.91 Å². The highest BCUT2D eigenvalue weighted by Gasteiger charge is 2.61. The van der Waals surface area contributed by atoms with Crippen molar-refractivity contribution in [1.82, 2.24) is 19.9 Å². The molecule has 0 bridgehead atoms. The average molecular weight is 454 g/mol. The smallest absolute Gasteiger partial charge is 0.260 e. The summed E-state index contributed by atoms with van der Waals surface area (Å²) in [6.45, 7) is 3.90. The zero-order chi connectivity index (χ0) is 23.6. The molecule has 2 unspecified atom stereocenters. The van der Waals surface area contributed by atoms with Crippen LogP contribution < -0.4 is 10.6 Å². The zero-order valence-corrected chi connectivity index (χ0v) is 18.2. The molecule has 0 spiro atoms. The van der Waals surface area contributed by atoms with E-state index < -0.39 is 30.3 Å². The van der Waals surface area contributed by atoms with E-state index in [9.17, 15) is 18.7 Å². The molecule has 1 fully saturated rings. The van der Waals surface area contributed by atoms with E-state index in [0.29, 0.717) is 34.9 Å². The Hall–Kier alpha value is -3.53. The lowest BCUT2D eigenvalue weighted by Gasteiger charge is -2.15. The van der Waals surface area contributed by atoms with E-state index in [-0.39, 0.29) is 5.82 Å². The summed E-state index contributed by atoms with van der Waals surface area (Å²) in [4.78, 5) is 29.0. The maximum atomic E-state index is 13.2. The van der Waals surface area contributed by atoms with Crippen molar-refractivity contribution in [2.24, 2.45) is 5.92 Å². The van der Waals surface area contributed by atoms with Crippen LogP contribution in [0.2, 0.25) is 0 Å². The minimum atomic E-state index is -2.95. The van der Waals surface area contributed by atoms with Crippen molar-refractivity contribution in [1.29, 1.82) is 0 Å². The number of carbonyl (C=O) groups excluding carboxylic acids is 1. The lowest BCUT2D eigenvalue weighted by molar-refractivity contribution is -0.119. The predicted octanol–water partition coefficient (Wildman–Crippen LogP) is 4.41. The number of pyridine rings is 2. The summed E-state index contributed by atoms with van der Waals surface area (Å²) in [6, 6.07) is 6.87. The van der Waals surface area contributed by atoms with E-state index in [1.807, 2.05) is 19.9 Å². The molecular formula is C23H24F2N6O2. The second-order valence-electron chi connectivity index (χ2n) is 8.05. The summed E-state index contributed by atoms with van der Waals surface area (Å²) >= 11 is 0. The number of halogens is 2. The molecule has 3 aromatic heterocycles. The second-order valence-corrected chi connectivity index (χ2v) is 8.05. The fourth-order valence-electron chi connectivity index (χ4n) is 3.44. The minimum absolute atomic E-state index is 0.134. The molecule has 8 nitrogen and oxygen atoms in total. The van der Waals surface area contributed by atoms with Gasteiger partial charge in [-0.1, -0.05) is 13.3 Å². The Labute approximate surface area is 189 Å². The van der Waals surface area contributed by atoms with Crippen LogP contribution in [-0.2, 0) is 4.79 Å². The number of aliphatic hydroxyl groups excluding tert-OH is 1. The maximum absolute atomic E-state index is 13.2. The molecule has 3 heterocycles. The van der Waals surface area contributed by atoms with E-state index in [1.54, 1.807) is 24.5 Å². The first-order valence-corrected chi connectivity index (χ1v) is 10.7. The van der Waals surface area contributed by atoms with Crippen LogP contribution in [0.1, 0.15) is 43.5 Å². The van der Waals surface area contributed by atoms with Gasteiger partial charge in [-0.2, -0.15) is 0 Å². The number of aliphatic hydroxyl groups is 1. The molecule has 1 amide bonds. The highest BCUT2D eigenvalue weighted by atomic mass is 19.3. The van der Waals surface area contributed by atoms with Crippen LogP contribution in [0.3, 0.4) is 0 Å². The van der Waals surface area contributed by atoms with Crippen molar-refractivity contribution in [3.8, 4) is 11.3 Å². The lowest BCUT2D eigenvalue weighted by Crippen LogP contribution is -2.18. The number of hydrogen-bond donors (Lipinski definition) is 3. The van der Waals surface area contributed by atoms with Crippen molar-refractivity contribution < 1.29 is 18.7 Å². The summed E-state index contributed by atoms with van der Waals surface area (Å²) < 4.78 is 26.3. The number of aromatic nitrogens is 4. The molecule has 3 aromatic rings. The van der Waals surface area contributed by atoms with Crippen molar-refractivity contribution in [2.45, 2.75) is 45.1 Å². The standard InChI is InChI=1S/C23H24F2N6O2/c1-3-5-19(32)17-8-13(2)18(11-27-17)30-21-14(6-4-7-26-21)16-9-20(29-12-28-16)31-22(33)15-10-23(15,24)25/h4,6-9,11-12,15,19,32H,3,5,10H2,1-2H3,(H,26,30)(H,28,29,31,33). The summed E-state index contributed by atoms with van der Waals surface area (Å²) in [5.41, 5.74) is 3.29. The first-order chi connectivity index (χ1) is 15.8. The third-order valence-electron chi connectivity index (χ3n) is 5.43. The van der Waals surface area contributed by atoms with E-state index >= 15 is 0 Å². The van der Waals surface area contributed by atoms with Gasteiger partial charge in [0, 0.05) is 24.2 Å². The first-order valence-electron chi connectivity index (χ1n) is 10.7. The van der Waals surface area contributed by atoms with Gasteiger partial charge in [0.15, 0.2) is 0 Å². The quantitative estimate of drug-likeness (QED) is 0.462. The molecule has 0 radical (unpaired) electrons. The molecule has 172 valence electrons. The van der Waals surface area contributed by atoms with Gasteiger partial charge in [-0.05, 0) is 37.1 Å². The molecule has 1 aliphatic carbocycles. The number of alkyl halides is 2. The Morgan fingerprint density at radius 1 is 1.27 bits per heavy atom. The molecule has 0 saturated heterocycles. The number of carbonyl (C=O) groups is 1. The fourth-order valence-corrected chi connectivity index (χ4v) is 3.44. The summed E-state index contributed by atoms with van der Waals surface area (Å²) in [7, 11) is 0. The SMILES string of the molecule is CCCC(O)c1cc(C)c(Nc2ncccc2-c2cc(NC(=O)C3CC3(F)F)ncn2)cn1. The molecule has 0 aromatic carbocycles. The van der Waals surface area contributed by atoms with Crippen LogP contribution in [0.4, 0.5) is 26.1 Å². The van der Waals surface area contributed by atoms with Gasteiger partial charge in [0.05, 0.1) is 29.4 Å². The second kappa shape index (κ2) is 9.14. The summed E-state index contributed by atoms with van der Waals surface area (Å²) in [5.74, 6) is -4.40. The largest absolute Gasteiger partial charge is 0.387 e. The normalized spacial score (nSPS) is 17.3. The van der Waals surface area contributed by atoms with Crippen LogP contribution in [0, 0.1) is 12.8 Å². The number of nitrogens with one attached hydrogen (secondary N) is 2. The monoisotopic (exact) mass is 454 g/mol. The molecule has 10 heteroatoms. The Morgan fingerprint density at radius 3 is 2.76 bits per heavy atom. The van der Waals surface area contributed by atoms with Crippen molar-refractivity contribution >= 4 is 23.2 Å². The van der Waals surface area contributed by atoms with Crippen molar-refractivity contribution in [3.63, 3.8) is 0 Å². The Bertz CT molecular complexity index is 1170. The maximum Gasteiger partial charge on any atom is 0.260 e. The number of hydrogen-bond acceptors (Lipinski definition) is 7. The molecular weight excluding hydrogens is 430 g/mol. The summed E-state index contributed by atoms with van der Waals surface area (Å²) in [5, 5.41) is 15.9. The van der Waals surface area contributed by atoms with Crippen LogP contribution >= 0.6 is 0 Å². The van der Waals surface area contributed by atoms with Gasteiger partial charge in [0.1, 0.15) is 23.9 Å². The fraction of sp³-hybridized carbons (Fsp3) is 0.348. The van der Waals surface area contributed by atoms with E-state index in [0.717, 1.165) is 12.0 Å². The van der Waals surface area contributed by atoms with Crippen LogP contribution in [0.15, 0.2) is 43.0 Å². The molecule has 0 aliphatic heterocycles. The number of rotatable bonds is 8. The van der Waals surface area contributed by atoms with Gasteiger partial charge in [-0.15, -0.1) is 0 Å². The van der Waals surface area contributed by atoms with E-state index in [1.165, 1.54) is 12.4 Å². The topological polar surface area (TPSA) is 113 Å². The molecule has 1 aliphatic rings. The zero-order valence-electron chi connectivity index (χ0n) is 18.2. The van der Waals surface area contributed by atoms with Crippen molar-refractivity contribution in [2.75, 3.05) is 10.6 Å². The van der Waals surface area contributed by atoms with Crippen LogP contribution in [0.5, 0.6) is 0 Å². The number of anilines is 3. The summed E-state index contributed by atoms with van der Waals surface area (Å²) in [6.07, 6.45) is 4.94. The van der Waals surface area contributed by atoms with Gasteiger partial charge in [-0.3, -0.25) is 9.78 Å². The van der Waals surface area contributed by atoms with Crippen molar-refractivity contribution in [3.05, 3.63) is 54.2 Å². The highest BCUT2D eigenvalue weighted by molar-refractivity contribution is 5.95. The van der Waals surface area contributed by atoms with Crippen LogP contribution in [0.25, 0.3) is 11.3 Å². The molecule has 1 saturated carbocycles. The van der Waals surface area contributed by atoms with E-state index in [2.05, 4.69) is 30.6 Å². The van der Waals surface area contributed by atoms with E-state index in [4.69, 9.17) is 0 Å². The lowest BCUT2D eigenvalue weighted by atomic mass is 10.1. The Morgan fingerprint density at radius 2 is 2.06 bits per heavy atom. The first kappa shape index (κ1) is 22.7. The predicted molar refractivity (Wildman–Crippen MR) is 119 cm³/mol. The number of aryl methyl sites for hydroxylation is 1. The van der Waals surface area contributed by atoms with Gasteiger partial charge in [0.25, 0.3) is 5.92 Å². The average Bonchev–Trinajstić information content (AvgIpc) is 3.44.